The number of furan rings is 1. The molecule has 0 aliphatic carbocycles. The number of benzene rings is 1. The third-order valence-corrected chi connectivity index (χ3v) is 2.47. The van der Waals surface area contributed by atoms with Crippen LogP contribution in [0.2, 0.25) is 5.02 Å². The summed E-state index contributed by atoms with van der Waals surface area (Å²) in [4.78, 5) is 0. The Morgan fingerprint density at radius 1 is 1.31 bits per heavy atom. The first-order valence-corrected chi connectivity index (χ1v) is 5.27. The van der Waals surface area contributed by atoms with Crippen molar-refractivity contribution in [2.75, 3.05) is 5.32 Å². The Balaban J connectivity index is 2.02. The second kappa shape index (κ2) is 4.58. The molecule has 2 nitrogen and oxygen atoms in total. The molecule has 0 fully saturated rings. The summed E-state index contributed by atoms with van der Waals surface area (Å²) in [6.07, 6.45) is 0. The van der Waals surface area contributed by atoms with Gasteiger partial charge in [0.05, 0.1) is 11.6 Å². The van der Waals surface area contributed by atoms with Gasteiger partial charge in [-0.2, -0.15) is 0 Å². The Hall–Kier alpha value is -1.48. The molecule has 0 saturated heterocycles. The molecule has 0 spiro atoms. The van der Waals surface area contributed by atoms with Gasteiger partial charge in [-0.25, -0.2) is 4.39 Å². The van der Waals surface area contributed by atoms with Crippen molar-refractivity contribution in [3.05, 3.63) is 52.7 Å². The molecule has 4 heteroatoms. The smallest absolute Gasteiger partial charge is 0.141 e. The fourth-order valence-corrected chi connectivity index (χ4v) is 1.56. The van der Waals surface area contributed by atoms with Gasteiger partial charge < -0.3 is 9.73 Å². The lowest BCUT2D eigenvalue weighted by molar-refractivity contribution is 0.490. The standard InChI is InChI=1S/C12H11ClFNO/c1-8-2-4-10(16-8)7-15-9-3-5-12(14)11(13)6-9/h2-6,15H,7H2,1H3. The molecule has 84 valence electrons. The predicted molar refractivity (Wildman–Crippen MR) is 62.2 cm³/mol. The van der Waals surface area contributed by atoms with Gasteiger partial charge in [0.25, 0.3) is 0 Å². The Morgan fingerprint density at radius 3 is 2.75 bits per heavy atom. The van der Waals surface area contributed by atoms with Crippen LogP contribution in [0, 0.1) is 12.7 Å². The van der Waals surface area contributed by atoms with E-state index in [0.29, 0.717) is 6.54 Å². The summed E-state index contributed by atoms with van der Waals surface area (Å²) in [6, 6.07) is 8.31. The van der Waals surface area contributed by atoms with Crippen LogP contribution in [0.15, 0.2) is 34.7 Å². The van der Waals surface area contributed by atoms with Gasteiger partial charge in [-0.3, -0.25) is 0 Å². The topological polar surface area (TPSA) is 25.2 Å². The van der Waals surface area contributed by atoms with E-state index in [1.807, 2.05) is 19.1 Å². The van der Waals surface area contributed by atoms with Crippen molar-refractivity contribution in [2.45, 2.75) is 13.5 Å². The van der Waals surface area contributed by atoms with E-state index in [0.717, 1.165) is 17.2 Å². The molecule has 0 aliphatic rings. The summed E-state index contributed by atoms with van der Waals surface area (Å²) >= 11 is 5.66. The molecule has 0 amide bonds. The Morgan fingerprint density at radius 2 is 2.12 bits per heavy atom. The minimum absolute atomic E-state index is 0.112. The van der Waals surface area contributed by atoms with Crippen molar-refractivity contribution in [1.29, 1.82) is 0 Å². The zero-order chi connectivity index (χ0) is 11.5. The molecule has 1 heterocycles. The summed E-state index contributed by atoms with van der Waals surface area (Å²) in [5.41, 5.74) is 0.764. The quantitative estimate of drug-likeness (QED) is 0.876. The Bertz CT molecular complexity index is 496. The zero-order valence-corrected chi connectivity index (χ0v) is 9.51. The van der Waals surface area contributed by atoms with Gasteiger partial charge in [0.1, 0.15) is 17.3 Å². The number of anilines is 1. The molecular formula is C12H11ClFNO. The van der Waals surface area contributed by atoms with Crippen molar-refractivity contribution in [2.24, 2.45) is 0 Å². The largest absolute Gasteiger partial charge is 0.465 e. The molecule has 2 rings (SSSR count). The number of rotatable bonds is 3. The first kappa shape index (κ1) is 11.0. The van der Waals surface area contributed by atoms with Crippen LogP contribution >= 0.6 is 11.6 Å². The van der Waals surface area contributed by atoms with Crippen LogP contribution in [0.5, 0.6) is 0 Å². The molecule has 0 saturated carbocycles. The number of halogens is 2. The van der Waals surface area contributed by atoms with E-state index >= 15 is 0 Å². The average Bonchev–Trinajstić information content (AvgIpc) is 2.66. The summed E-state index contributed by atoms with van der Waals surface area (Å²) in [6.45, 7) is 2.44. The molecule has 2 aromatic rings. The van der Waals surface area contributed by atoms with Crippen LogP contribution in [0.1, 0.15) is 11.5 Å². The lowest BCUT2D eigenvalue weighted by Gasteiger charge is -2.05. The highest BCUT2D eigenvalue weighted by atomic mass is 35.5. The third-order valence-electron chi connectivity index (χ3n) is 2.18. The Kier molecular flexibility index (Phi) is 3.15. The van der Waals surface area contributed by atoms with E-state index in [1.54, 1.807) is 12.1 Å². The summed E-state index contributed by atoms with van der Waals surface area (Å²) in [5, 5.41) is 3.21. The van der Waals surface area contributed by atoms with Crippen molar-refractivity contribution in [3.63, 3.8) is 0 Å². The second-order valence-electron chi connectivity index (χ2n) is 3.49. The van der Waals surface area contributed by atoms with Crippen LogP contribution in [-0.2, 0) is 6.54 Å². The fraction of sp³-hybridized carbons (Fsp3) is 0.167. The van der Waals surface area contributed by atoms with Gasteiger partial charge >= 0.3 is 0 Å². The summed E-state index contributed by atoms with van der Waals surface area (Å²) in [5.74, 6) is 1.29. The molecule has 0 unspecified atom stereocenters. The van der Waals surface area contributed by atoms with Gasteiger partial charge in [-0.1, -0.05) is 11.6 Å². The van der Waals surface area contributed by atoms with E-state index in [1.165, 1.54) is 6.07 Å². The maximum absolute atomic E-state index is 12.9. The van der Waals surface area contributed by atoms with Crippen LogP contribution in [0.25, 0.3) is 0 Å². The lowest BCUT2D eigenvalue weighted by atomic mass is 10.3. The highest BCUT2D eigenvalue weighted by Crippen LogP contribution is 2.20. The minimum Gasteiger partial charge on any atom is -0.465 e. The average molecular weight is 240 g/mol. The predicted octanol–water partition coefficient (Wildman–Crippen LogP) is 3.99. The highest BCUT2D eigenvalue weighted by molar-refractivity contribution is 6.31. The van der Waals surface area contributed by atoms with Crippen molar-refractivity contribution in [1.82, 2.24) is 0 Å². The van der Waals surface area contributed by atoms with E-state index in [4.69, 9.17) is 16.0 Å². The molecule has 0 bridgehead atoms. The molecule has 0 aliphatic heterocycles. The van der Waals surface area contributed by atoms with Crippen LogP contribution in [-0.4, -0.2) is 0 Å². The van der Waals surface area contributed by atoms with E-state index in [2.05, 4.69) is 5.32 Å². The Labute approximate surface area is 98.0 Å². The SMILES string of the molecule is Cc1ccc(CNc2ccc(F)c(Cl)c2)o1. The first-order chi connectivity index (χ1) is 7.65. The number of hydrogen-bond acceptors (Lipinski definition) is 2. The van der Waals surface area contributed by atoms with Crippen LogP contribution in [0.3, 0.4) is 0 Å². The lowest BCUT2D eigenvalue weighted by Crippen LogP contribution is -1.98. The number of nitrogens with one attached hydrogen (secondary N) is 1. The second-order valence-corrected chi connectivity index (χ2v) is 3.90. The van der Waals surface area contributed by atoms with E-state index < -0.39 is 5.82 Å². The molecule has 1 aromatic heterocycles. The van der Waals surface area contributed by atoms with Crippen molar-refractivity contribution in [3.8, 4) is 0 Å². The molecular weight excluding hydrogens is 229 g/mol. The van der Waals surface area contributed by atoms with Gasteiger partial charge in [0, 0.05) is 5.69 Å². The summed E-state index contributed by atoms with van der Waals surface area (Å²) < 4.78 is 18.3. The molecule has 16 heavy (non-hydrogen) atoms. The van der Waals surface area contributed by atoms with E-state index in [-0.39, 0.29) is 5.02 Å². The zero-order valence-electron chi connectivity index (χ0n) is 8.76. The minimum atomic E-state index is -0.416. The van der Waals surface area contributed by atoms with Gasteiger partial charge in [0.15, 0.2) is 0 Å². The maximum Gasteiger partial charge on any atom is 0.141 e. The molecule has 0 radical (unpaired) electrons. The molecule has 0 atom stereocenters. The number of aryl methyl sites for hydroxylation is 1. The normalized spacial score (nSPS) is 10.4. The van der Waals surface area contributed by atoms with Crippen molar-refractivity contribution < 1.29 is 8.81 Å². The van der Waals surface area contributed by atoms with Crippen molar-refractivity contribution >= 4 is 17.3 Å². The van der Waals surface area contributed by atoms with E-state index in [9.17, 15) is 4.39 Å². The number of hydrogen-bond donors (Lipinski definition) is 1. The third kappa shape index (κ3) is 2.55. The maximum atomic E-state index is 12.9. The fourth-order valence-electron chi connectivity index (χ4n) is 1.38. The monoisotopic (exact) mass is 239 g/mol. The van der Waals surface area contributed by atoms with Gasteiger partial charge in [-0.15, -0.1) is 0 Å². The van der Waals surface area contributed by atoms with Gasteiger partial charge in [0.2, 0.25) is 0 Å². The molecule has 1 N–H and O–H groups in total. The summed E-state index contributed by atoms with van der Waals surface area (Å²) in [7, 11) is 0. The first-order valence-electron chi connectivity index (χ1n) is 4.89. The van der Waals surface area contributed by atoms with Crippen LogP contribution < -0.4 is 5.32 Å². The van der Waals surface area contributed by atoms with Crippen LogP contribution in [0.4, 0.5) is 10.1 Å². The highest BCUT2D eigenvalue weighted by Gasteiger charge is 2.02. The van der Waals surface area contributed by atoms with Gasteiger partial charge in [-0.05, 0) is 37.3 Å². The molecule has 1 aromatic carbocycles.